The Hall–Kier alpha value is -1.31. The summed E-state index contributed by atoms with van der Waals surface area (Å²) in [7, 11) is 0. The molecular formula is C11H11F4NO2S. The molecule has 0 fully saturated rings. The van der Waals surface area contributed by atoms with E-state index in [1.807, 2.05) is 0 Å². The molecule has 1 atom stereocenters. The second-order valence-electron chi connectivity index (χ2n) is 3.59. The van der Waals surface area contributed by atoms with Crippen LogP contribution in [0.1, 0.15) is 20.3 Å². The lowest BCUT2D eigenvalue weighted by Crippen LogP contribution is -2.12. The van der Waals surface area contributed by atoms with Crippen LogP contribution in [0, 0.1) is 23.5 Å². The van der Waals surface area contributed by atoms with Crippen LogP contribution in [0.15, 0.2) is 4.90 Å². The predicted molar refractivity (Wildman–Crippen MR) is 60.6 cm³/mol. The van der Waals surface area contributed by atoms with E-state index < -0.39 is 39.6 Å². The highest BCUT2D eigenvalue weighted by atomic mass is 32.2. The average Bonchev–Trinajstić information content (AvgIpc) is 2.32. The third-order valence-electron chi connectivity index (χ3n) is 2.04. The number of esters is 1. The summed E-state index contributed by atoms with van der Waals surface area (Å²) in [5.41, 5.74) is 0. The van der Waals surface area contributed by atoms with Crippen LogP contribution in [0.5, 0.6) is 0 Å². The molecule has 0 aromatic carbocycles. The first-order valence-electron chi connectivity index (χ1n) is 5.39. The maximum Gasteiger partial charge on any atom is 0.306 e. The highest BCUT2D eigenvalue weighted by molar-refractivity contribution is 8.00. The standard InChI is InChI=1S/C11H11F4NO2S/c1-3-18-6(17)4-5(2)19-9-7(12)10(14)16-11(15)8(9)13/h5H,3-4H2,1-2H3. The van der Waals surface area contributed by atoms with Crippen molar-refractivity contribution in [1.29, 1.82) is 0 Å². The molecular weight excluding hydrogens is 286 g/mol. The number of carbonyl (C=O) groups is 1. The van der Waals surface area contributed by atoms with E-state index in [1.165, 1.54) is 6.92 Å². The Morgan fingerprint density at radius 2 is 1.79 bits per heavy atom. The van der Waals surface area contributed by atoms with Crippen LogP contribution in [-0.2, 0) is 9.53 Å². The van der Waals surface area contributed by atoms with Crippen molar-refractivity contribution in [3.05, 3.63) is 23.5 Å². The first kappa shape index (κ1) is 15.7. The number of ether oxygens (including phenoxy) is 1. The highest BCUT2D eigenvalue weighted by Gasteiger charge is 2.23. The molecule has 3 nitrogen and oxygen atoms in total. The molecule has 0 radical (unpaired) electrons. The number of aromatic nitrogens is 1. The number of hydrogen-bond donors (Lipinski definition) is 0. The van der Waals surface area contributed by atoms with Crippen molar-refractivity contribution in [1.82, 2.24) is 4.98 Å². The molecule has 8 heteroatoms. The summed E-state index contributed by atoms with van der Waals surface area (Å²) in [5, 5.41) is -0.607. The van der Waals surface area contributed by atoms with Crippen molar-refractivity contribution in [3.8, 4) is 0 Å². The Morgan fingerprint density at radius 1 is 1.26 bits per heavy atom. The molecule has 1 unspecified atom stereocenters. The SMILES string of the molecule is CCOC(=O)CC(C)Sc1c(F)c(F)nc(F)c1F. The summed E-state index contributed by atoms with van der Waals surface area (Å²) < 4.78 is 57.0. The molecule has 0 aliphatic heterocycles. The number of halogens is 4. The third kappa shape index (κ3) is 4.09. The molecule has 106 valence electrons. The van der Waals surface area contributed by atoms with E-state index in [9.17, 15) is 22.4 Å². The van der Waals surface area contributed by atoms with Crippen molar-refractivity contribution in [2.24, 2.45) is 0 Å². The van der Waals surface area contributed by atoms with Crippen molar-refractivity contribution >= 4 is 17.7 Å². The summed E-state index contributed by atoms with van der Waals surface area (Å²) in [6.07, 6.45) is -0.136. The lowest BCUT2D eigenvalue weighted by molar-refractivity contribution is -0.142. The summed E-state index contributed by atoms with van der Waals surface area (Å²) >= 11 is 0.508. The van der Waals surface area contributed by atoms with Gasteiger partial charge in [0, 0.05) is 5.25 Å². The minimum atomic E-state index is -1.72. The fourth-order valence-corrected chi connectivity index (χ4v) is 2.27. The zero-order valence-electron chi connectivity index (χ0n) is 10.2. The summed E-state index contributed by atoms with van der Waals surface area (Å²) in [6.45, 7) is 3.27. The van der Waals surface area contributed by atoms with Crippen LogP contribution < -0.4 is 0 Å². The Morgan fingerprint density at radius 3 is 2.26 bits per heavy atom. The fourth-order valence-electron chi connectivity index (χ4n) is 1.27. The van der Waals surface area contributed by atoms with E-state index in [1.54, 1.807) is 6.92 Å². The van der Waals surface area contributed by atoms with Crippen molar-refractivity contribution < 1.29 is 27.1 Å². The second kappa shape index (κ2) is 6.74. The van der Waals surface area contributed by atoms with Crippen LogP contribution in [0.2, 0.25) is 0 Å². The minimum absolute atomic E-state index is 0.136. The second-order valence-corrected chi connectivity index (χ2v) is 5.04. The molecule has 0 saturated heterocycles. The quantitative estimate of drug-likeness (QED) is 0.362. The molecule has 0 aliphatic rings. The smallest absolute Gasteiger partial charge is 0.306 e. The van der Waals surface area contributed by atoms with Gasteiger partial charge in [-0.3, -0.25) is 4.79 Å². The molecule has 0 saturated carbocycles. The first-order chi connectivity index (χ1) is 8.86. The van der Waals surface area contributed by atoms with Crippen LogP contribution in [0.25, 0.3) is 0 Å². The van der Waals surface area contributed by atoms with Crippen LogP contribution in [0.4, 0.5) is 17.6 Å². The van der Waals surface area contributed by atoms with Crippen molar-refractivity contribution in [2.75, 3.05) is 6.61 Å². The maximum atomic E-state index is 13.3. The molecule has 0 bridgehead atoms. The molecule has 1 aromatic rings. The molecule has 19 heavy (non-hydrogen) atoms. The molecule has 0 aliphatic carbocycles. The van der Waals surface area contributed by atoms with E-state index in [0.29, 0.717) is 11.8 Å². The van der Waals surface area contributed by atoms with Gasteiger partial charge in [-0.2, -0.15) is 13.8 Å². The molecule has 0 N–H and O–H groups in total. The summed E-state index contributed by atoms with van der Waals surface area (Å²) in [5.74, 6) is -7.13. The Kier molecular flexibility index (Phi) is 5.59. The third-order valence-corrected chi connectivity index (χ3v) is 3.20. The molecule has 0 amide bonds. The van der Waals surface area contributed by atoms with Gasteiger partial charge in [-0.15, -0.1) is 11.8 Å². The lowest BCUT2D eigenvalue weighted by atomic mass is 10.3. The number of rotatable bonds is 5. The van der Waals surface area contributed by atoms with Crippen LogP contribution in [0.3, 0.4) is 0 Å². The van der Waals surface area contributed by atoms with Crippen LogP contribution >= 0.6 is 11.8 Å². The minimum Gasteiger partial charge on any atom is -0.466 e. The number of pyridine rings is 1. The molecule has 0 spiro atoms. The van der Waals surface area contributed by atoms with Crippen LogP contribution in [-0.4, -0.2) is 22.8 Å². The Bertz CT molecular complexity index is 458. The summed E-state index contributed by atoms with van der Waals surface area (Å²) in [6, 6.07) is 0. The molecule has 1 heterocycles. The zero-order valence-corrected chi connectivity index (χ0v) is 11.0. The monoisotopic (exact) mass is 297 g/mol. The van der Waals surface area contributed by atoms with Gasteiger partial charge < -0.3 is 4.74 Å². The zero-order chi connectivity index (χ0) is 14.6. The van der Waals surface area contributed by atoms with Crippen molar-refractivity contribution in [2.45, 2.75) is 30.4 Å². The topological polar surface area (TPSA) is 39.2 Å². The number of nitrogens with zero attached hydrogens (tertiary/aromatic N) is 1. The van der Waals surface area contributed by atoms with E-state index >= 15 is 0 Å². The normalized spacial score (nSPS) is 12.3. The van der Waals surface area contributed by atoms with Gasteiger partial charge in [0.25, 0.3) is 11.9 Å². The number of thioether (sulfide) groups is 1. The van der Waals surface area contributed by atoms with E-state index in [-0.39, 0.29) is 13.0 Å². The number of carbonyl (C=O) groups excluding carboxylic acids is 1. The van der Waals surface area contributed by atoms with Gasteiger partial charge >= 0.3 is 5.97 Å². The van der Waals surface area contributed by atoms with E-state index in [2.05, 4.69) is 9.72 Å². The average molecular weight is 297 g/mol. The van der Waals surface area contributed by atoms with Gasteiger partial charge in [-0.25, -0.2) is 8.78 Å². The van der Waals surface area contributed by atoms with Gasteiger partial charge in [0.2, 0.25) is 0 Å². The Balaban J connectivity index is 2.85. The van der Waals surface area contributed by atoms with E-state index in [0.717, 1.165) is 0 Å². The van der Waals surface area contributed by atoms with Gasteiger partial charge in [-0.05, 0) is 6.92 Å². The van der Waals surface area contributed by atoms with Gasteiger partial charge in [0.1, 0.15) is 0 Å². The van der Waals surface area contributed by atoms with Gasteiger partial charge in [-0.1, -0.05) is 6.92 Å². The molecule has 1 aromatic heterocycles. The van der Waals surface area contributed by atoms with Gasteiger partial charge in [0.15, 0.2) is 11.6 Å². The van der Waals surface area contributed by atoms with Crippen molar-refractivity contribution in [3.63, 3.8) is 0 Å². The molecule has 1 rings (SSSR count). The van der Waals surface area contributed by atoms with E-state index in [4.69, 9.17) is 0 Å². The fraction of sp³-hybridized carbons (Fsp3) is 0.455. The first-order valence-corrected chi connectivity index (χ1v) is 6.27. The largest absolute Gasteiger partial charge is 0.466 e. The Labute approximate surface area is 111 Å². The van der Waals surface area contributed by atoms with Gasteiger partial charge in [0.05, 0.1) is 17.9 Å². The predicted octanol–water partition coefficient (Wildman–Crippen LogP) is 3.07. The number of hydrogen-bond acceptors (Lipinski definition) is 4. The summed E-state index contributed by atoms with van der Waals surface area (Å²) in [4.78, 5) is 12.8. The maximum absolute atomic E-state index is 13.3. The highest BCUT2D eigenvalue weighted by Crippen LogP contribution is 2.31. The lowest BCUT2D eigenvalue weighted by Gasteiger charge is -2.12.